The van der Waals surface area contributed by atoms with Gasteiger partial charge < -0.3 is 10.2 Å². The molecule has 1 aromatic rings. The van der Waals surface area contributed by atoms with Crippen molar-refractivity contribution in [1.82, 2.24) is 15.2 Å². The lowest BCUT2D eigenvalue weighted by molar-refractivity contribution is -0.131. The van der Waals surface area contributed by atoms with Crippen LogP contribution in [0, 0.1) is 0 Å². The average molecular weight is 253 g/mol. The second-order valence-electron chi connectivity index (χ2n) is 4.64. The maximum atomic E-state index is 12.0. The van der Waals surface area contributed by atoms with Gasteiger partial charge in [0, 0.05) is 37.5 Å². The first-order chi connectivity index (χ1) is 8.16. The molecular weight excluding hydrogens is 234 g/mol. The summed E-state index contributed by atoms with van der Waals surface area (Å²) in [5, 5.41) is 6.37. The minimum Gasteiger partial charge on any atom is -0.340 e. The number of hydrogen-bond acceptors (Lipinski definition) is 4. The van der Waals surface area contributed by atoms with Crippen molar-refractivity contribution < 1.29 is 4.79 Å². The van der Waals surface area contributed by atoms with E-state index in [0.717, 1.165) is 36.9 Å². The highest BCUT2D eigenvalue weighted by Crippen LogP contribution is 2.19. The van der Waals surface area contributed by atoms with Crippen molar-refractivity contribution in [3.05, 3.63) is 16.1 Å². The van der Waals surface area contributed by atoms with E-state index in [2.05, 4.69) is 24.1 Å². The predicted octanol–water partition coefficient (Wildman–Crippen LogP) is 1.24. The normalized spacial score (nSPS) is 16.5. The molecule has 1 saturated heterocycles. The minimum absolute atomic E-state index is 0.201. The quantitative estimate of drug-likeness (QED) is 0.881. The van der Waals surface area contributed by atoms with Gasteiger partial charge in [0.25, 0.3) is 0 Å². The van der Waals surface area contributed by atoms with Crippen molar-refractivity contribution >= 4 is 17.2 Å². The van der Waals surface area contributed by atoms with Crippen molar-refractivity contribution in [2.24, 2.45) is 0 Å². The van der Waals surface area contributed by atoms with Gasteiger partial charge in [-0.3, -0.25) is 4.79 Å². The van der Waals surface area contributed by atoms with Crippen molar-refractivity contribution in [3.8, 4) is 0 Å². The summed E-state index contributed by atoms with van der Waals surface area (Å²) >= 11 is 1.65. The molecule has 0 spiro atoms. The highest BCUT2D eigenvalue weighted by Gasteiger charge is 2.17. The van der Waals surface area contributed by atoms with Gasteiger partial charge in [-0.25, -0.2) is 4.98 Å². The van der Waals surface area contributed by atoms with Crippen LogP contribution in [-0.4, -0.2) is 42.0 Å². The molecule has 0 radical (unpaired) electrons. The second kappa shape index (κ2) is 5.60. The Morgan fingerprint density at radius 2 is 2.24 bits per heavy atom. The zero-order valence-electron chi connectivity index (χ0n) is 10.4. The molecule has 17 heavy (non-hydrogen) atoms. The monoisotopic (exact) mass is 253 g/mol. The third-order valence-corrected chi connectivity index (χ3v) is 4.06. The van der Waals surface area contributed by atoms with Gasteiger partial charge in [0.05, 0.1) is 17.1 Å². The molecule has 1 fully saturated rings. The van der Waals surface area contributed by atoms with Crippen LogP contribution in [0.15, 0.2) is 5.38 Å². The van der Waals surface area contributed by atoms with Gasteiger partial charge in [0.2, 0.25) is 5.91 Å². The van der Waals surface area contributed by atoms with Crippen LogP contribution in [0.1, 0.15) is 30.5 Å². The summed E-state index contributed by atoms with van der Waals surface area (Å²) in [5.74, 6) is 0.648. The Bertz CT molecular complexity index is 383. The van der Waals surface area contributed by atoms with E-state index < -0.39 is 0 Å². The highest BCUT2D eigenvalue weighted by molar-refractivity contribution is 7.09. The van der Waals surface area contributed by atoms with E-state index in [4.69, 9.17) is 0 Å². The molecule has 0 saturated carbocycles. The van der Waals surface area contributed by atoms with Crippen LogP contribution in [0.4, 0.5) is 0 Å². The average Bonchev–Trinajstić information content (AvgIpc) is 2.79. The van der Waals surface area contributed by atoms with Gasteiger partial charge in [-0.2, -0.15) is 0 Å². The molecule has 1 aliphatic heterocycles. The molecule has 1 aliphatic rings. The van der Waals surface area contributed by atoms with Crippen LogP contribution in [0.3, 0.4) is 0 Å². The number of rotatable bonds is 3. The number of nitrogens with zero attached hydrogens (tertiary/aromatic N) is 2. The molecule has 1 aromatic heterocycles. The molecule has 2 heterocycles. The Balaban J connectivity index is 1.92. The first-order valence-corrected chi connectivity index (χ1v) is 6.97. The van der Waals surface area contributed by atoms with Gasteiger partial charge in [-0.05, 0) is 0 Å². The molecule has 0 atom stereocenters. The fourth-order valence-corrected chi connectivity index (χ4v) is 2.68. The molecule has 4 nitrogen and oxygen atoms in total. The number of hydrogen-bond donors (Lipinski definition) is 1. The Hall–Kier alpha value is -0.940. The third-order valence-electron chi connectivity index (χ3n) is 2.87. The van der Waals surface area contributed by atoms with Crippen LogP contribution in [0.5, 0.6) is 0 Å². The molecule has 1 N–H and O–H groups in total. The summed E-state index contributed by atoms with van der Waals surface area (Å²) in [4.78, 5) is 18.4. The zero-order chi connectivity index (χ0) is 12.3. The zero-order valence-corrected chi connectivity index (χ0v) is 11.2. The molecule has 0 aromatic carbocycles. The second-order valence-corrected chi connectivity index (χ2v) is 5.53. The number of carbonyl (C=O) groups excluding carboxylic acids is 1. The van der Waals surface area contributed by atoms with E-state index in [-0.39, 0.29) is 5.91 Å². The fraction of sp³-hybridized carbons (Fsp3) is 0.667. The molecule has 94 valence electrons. The fourth-order valence-electron chi connectivity index (χ4n) is 1.85. The van der Waals surface area contributed by atoms with E-state index in [1.165, 1.54) is 0 Å². The molecule has 2 rings (SSSR count). The SMILES string of the molecule is CC(C)c1nc(CC(=O)N2CCNCC2)cs1. The lowest BCUT2D eigenvalue weighted by Crippen LogP contribution is -2.46. The minimum atomic E-state index is 0.201. The molecule has 0 bridgehead atoms. The number of amides is 1. The molecule has 5 heteroatoms. The Labute approximate surface area is 106 Å². The maximum Gasteiger partial charge on any atom is 0.228 e. The van der Waals surface area contributed by atoms with E-state index in [1.807, 2.05) is 10.3 Å². The molecule has 0 aliphatic carbocycles. The van der Waals surface area contributed by atoms with Crippen LogP contribution in [-0.2, 0) is 11.2 Å². The molecule has 0 unspecified atom stereocenters. The first-order valence-electron chi connectivity index (χ1n) is 6.09. The smallest absolute Gasteiger partial charge is 0.228 e. The Morgan fingerprint density at radius 1 is 1.53 bits per heavy atom. The van der Waals surface area contributed by atoms with Crippen LogP contribution < -0.4 is 5.32 Å². The molecular formula is C12H19N3OS. The van der Waals surface area contributed by atoms with Crippen molar-refractivity contribution in [2.75, 3.05) is 26.2 Å². The predicted molar refractivity (Wildman–Crippen MR) is 69.4 cm³/mol. The van der Waals surface area contributed by atoms with Gasteiger partial charge in [-0.1, -0.05) is 13.8 Å². The van der Waals surface area contributed by atoms with Crippen molar-refractivity contribution in [2.45, 2.75) is 26.2 Å². The topological polar surface area (TPSA) is 45.2 Å². The first kappa shape index (κ1) is 12.5. The summed E-state index contributed by atoms with van der Waals surface area (Å²) in [5.41, 5.74) is 0.919. The molecule has 1 amide bonds. The summed E-state index contributed by atoms with van der Waals surface area (Å²) in [6, 6.07) is 0. The summed E-state index contributed by atoms with van der Waals surface area (Å²) < 4.78 is 0. The van der Waals surface area contributed by atoms with Gasteiger partial charge >= 0.3 is 0 Å². The Morgan fingerprint density at radius 3 is 2.82 bits per heavy atom. The number of carbonyl (C=O) groups is 1. The van der Waals surface area contributed by atoms with Gasteiger partial charge in [0.1, 0.15) is 0 Å². The standard InChI is InChI=1S/C12H19N3OS/c1-9(2)12-14-10(8-17-12)7-11(16)15-5-3-13-4-6-15/h8-9,13H,3-7H2,1-2H3. The summed E-state index contributed by atoms with van der Waals surface area (Å²) in [6.07, 6.45) is 0.448. The maximum absolute atomic E-state index is 12.0. The summed E-state index contributed by atoms with van der Waals surface area (Å²) in [7, 11) is 0. The number of piperazine rings is 1. The lowest BCUT2D eigenvalue weighted by Gasteiger charge is -2.27. The van der Waals surface area contributed by atoms with Gasteiger partial charge in [0.15, 0.2) is 0 Å². The number of aromatic nitrogens is 1. The van der Waals surface area contributed by atoms with Crippen molar-refractivity contribution in [3.63, 3.8) is 0 Å². The number of nitrogens with one attached hydrogen (secondary N) is 1. The summed E-state index contributed by atoms with van der Waals surface area (Å²) in [6.45, 7) is 7.70. The van der Waals surface area contributed by atoms with Crippen LogP contribution in [0.2, 0.25) is 0 Å². The van der Waals surface area contributed by atoms with Crippen LogP contribution in [0.25, 0.3) is 0 Å². The largest absolute Gasteiger partial charge is 0.340 e. The van der Waals surface area contributed by atoms with E-state index >= 15 is 0 Å². The number of thiazole rings is 1. The van der Waals surface area contributed by atoms with Crippen molar-refractivity contribution in [1.29, 1.82) is 0 Å². The van der Waals surface area contributed by atoms with E-state index in [1.54, 1.807) is 11.3 Å². The van der Waals surface area contributed by atoms with E-state index in [9.17, 15) is 4.79 Å². The van der Waals surface area contributed by atoms with Gasteiger partial charge in [-0.15, -0.1) is 11.3 Å². The third kappa shape index (κ3) is 3.26. The highest BCUT2D eigenvalue weighted by atomic mass is 32.1. The Kier molecular flexibility index (Phi) is 4.12. The lowest BCUT2D eigenvalue weighted by atomic mass is 10.2. The van der Waals surface area contributed by atoms with E-state index in [0.29, 0.717) is 12.3 Å². The van der Waals surface area contributed by atoms with Crippen LogP contribution >= 0.6 is 11.3 Å².